The largest absolute Gasteiger partial charge is 0.474 e. The van der Waals surface area contributed by atoms with Gasteiger partial charge in [0, 0.05) is 16.8 Å². The summed E-state index contributed by atoms with van der Waals surface area (Å²) in [4.78, 5) is 33.4. The molecule has 8 nitrogen and oxygen atoms in total. The third-order valence-corrected chi connectivity index (χ3v) is 7.04. The predicted molar refractivity (Wildman–Crippen MR) is 105 cm³/mol. The van der Waals surface area contributed by atoms with Crippen molar-refractivity contribution >= 4 is 33.6 Å². The van der Waals surface area contributed by atoms with Crippen LogP contribution in [0.1, 0.15) is 61.8 Å². The van der Waals surface area contributed by atoms with Crippen LogP contribution >= 0.6 is 11.3 Å². The van der Waals surface area contributed by atoms with Gasteiger partial charge < -0.3 is 20.9 Å². The maximum atomic E-state index is 11.5. The summed E-state index contributed by atoms with van der Waals surface area (Å²) >= 11 is 1.64. The molecule has 0 bridgehead atoms. The quantitative estimate of drug-likeness (QED) is 0.703. The number of nitrogens with one attached hydrogen (secondary N) is 1. The fourth-order valence-electron chi connectivity index (χ4n) is 4.46. The van der Waals surface area contributed by atoms with Crippen LogP contribution in [0, 0.1) is 0 Å². The lowest BCUT2D eigenvalue weighted by atomic mass is 9.82. The SMILES string of the molecule is CC1(NC(=O)O)CCC(Oc2ncnc3sc4c(c23)[C@@H](CC(N)=O)CC4)CC1. The minimum absolute atomic E-state index is 0.0201. The minimum Gasteiger partial charge on any atom is -0.474 e. The van der Waals surface area contributed by atoms with Crippen molar-refractivity contribution in [2.24, 2.45) is 5.73 Å². The number of carboxylic acid groups (broad SMARTS) is 1. The Kier molecular flexibility index (Phi) is 4.86. The van der Waals surface area contributed by atoms with Crippen LogP contribution in [-0.2, 0) is 11.2 Å². The molecule has 0 aliphatic heterocycles. The molecule has 0 unspecified atom stereocenters. The Morgan fingerprint density at radius 1 is 1.36 bits per heavy atom. The Bertz CT molecular complexity index is 920. The van der Waals surface area contributed by atoms with E-state index < -0.39 is 11.6 Å². The van der Waals surface area contributed by atoms with E-state index in [1.165, 1.54) is 11.2 Å². The second-order valence-corrected chi connectivity index (χ2v) is 9.10. The molecule has 1 saturated carbocycles. The molecule has 150 valence electrons. The fourth-order valence-corrected chi connectivity index (χ4v) is 5.70. The van der Waals surface area contributed by atoms with Crippen molar-refractivity contribution in [1.29, 1.82) is 0 Å². The van der Waals surface area contributed by atoms with Crippen LogP contribution in [0.2, 0.25) is 0 Å². The van der Waals surface area contributed by atoms with E-state index in [4.69, 9.17) is 15.6 Å². The molecule has 1 atom stereocenters. The Balaban J connectivity index is 1.56. The first-order valence-electron chi connectivity index (χ1n) is 9.57. The molecule has 2 aliphatic carbocycles. The van der Waals surface area contributed by atoms with E-state index in [2.05, 4.69) is 15.3 Å². The molecule has 4 rings (SSSR count). The zero-order valence-corrected chi connectivity index (χ0v) is 16.6. The molecular weight excluding hydrogens is 380 g/mol. The van der Waals surface area contributed by atoms with E-state index in [0.29, 0.717) is 25.1 Å². The number of rotatable bonds is 5. The van der Waals surface area contributed by atoms with E-state index in [0.717, 1.165) is 41.5 Å². The average Bonchev–Trinajstić information content (AvgIpc) is 3.16. The minimum atomic E-state index is -0.992. The maximum Gasteiger partial charge on any atom is 0.405 e. The Morgan fingerprint density at radius 2 is 2.11 bits per heavy atom. The summed E-state index contributed by atoms with van der Waals surface area (Å²) in [6, 6.07) is 0. The van der Waals surface area contributed by atoms with Crippen LogP contribution in [0.25, 0.3) is 10.2 Å². The highest BCUT2D eigenvalue weighted by molar-refractivity contribution is 7.19. The number of primary amides is 1. The highest BCUT2D eigenvalue weighted by atomic mass is 32.1. The van der Waals surface area contributed by atoms with Crippen LogP contribution in [0.3, 0.4) is 0 Å². The number of aromatic nitrogens is 2. The number of aryl methyl sites for hydroxylation is 1. The number of carbonyl (C=O) groups is 2. The number of ether oxygens (including phenoxy) is 1. The number of amides is 2. The van der Waals surface area contributed by atoms with Crippen molar-refractivity contribution in [3.63, 3.8) is 0 Å². The van der Waals surface area contributed by atoms with Gasteiger partial charge in [0.25, 0.3) is 0 Å². The van der Waals surface area contributed by atoms with Gasteiger partial charge in [0.2, 0.25) is 11.8 Å². The van der Waals surface area contributed by atoms with Gasteiger partial charge in [-0.05, 0) is 56.9 Å². The van der Waals surface area contributed by atoms with E-state index in [1.54, 1.807) is 11.3 Å². The average molecular weight is 404 g/mol. The lowest BCUT2D eigenvalue weighted by Crippen LogP contribution is -2.49. The topological polar surface area (TPSA) is 127 Å². The van der Waals surface area contributed by atoms with Crippen molar-refractivity contribution in [3.8, 4) is 5.88 Å². The third-order valence-electron chi connectivity index (χ3n) is 5.87. The van der Waals surface area contributed by atoms with Crippen LogP contribution in [0.4, 0.5) is 4.79 Å². The maximum absolute atomic E-state index is 11.5. The van der Waals surface area contributed by atoms with Crippen LogP contribution in [0.15, 0.2) is 6.33 Å². The molecule has 4 N–H and O–H groups in total. The van der Waals surface area contributed by atoms with Gasteiger partial charge >= 0.3 is 6.09 Å². The van der Waals surface area contributed by atoms with Crippen molar-refractivity contribution in [2.45, 2.75) is 69.4 Å². The summed E-state index contributed by atoms with van der Waals surface area (Å²) in [5, 5.41) is 12.6. The van der Waals surface area contributed by atoms with Crippen molar-refractivity contribution in [3.05, 3.63) is 16.8 Å². The van der Waals surface area contributed by atoms with Gasteiger partial charge in [0.05, 0.1) is 5.39 Å². The Labute approximate surface area is 166 Å². The van der Waals surface area contributed by atoms with Gasteiger partial charge in [-0.15, -0.1) is 11.3 Å². The lowest BCUT2D eigenvalue weighted by molar-refractivity contribution is -0.118. The summed E-state index contributed by atoms with van der Waals surface area (Å²) in [5.74, 6) is 0.372. The van der Waals surface area contributed by atoms with Crippen LogP contribution in [0.5, 0.6) is 5.88 Å². The highest BCUT2D eigenvalue weighted by Crippen LogP contribution is 2.47. The molecule has 2 aromatic rings. The van der Waals surface area contributed by atoms with E-state index >= 15 is 0 Å². The molecule has 1 fully saturated rings. The molecule has 0 saturated heterocycles. The van der Waals surface area contributed by atoms with E-state index in [1.807, 2.05) is 6.92 Å². The van der Waals surface area contributed by atoms with Gasteiger partial charge in [-0.2, -0.15) is 0 Å². The van der Waals surface area contributed by atoms with Crippen molar-refractivity contribution in [1.82, 2.24) is 15.3 Å². The zero-order chi connectivity index (χ0) is 19.9. The highest BCUT2D eigenvalue weighted by Gasteiger charge is 2.35. The Morgan fingerprint density at radius 3 is 2.79 bits per heavy atom. The molecule has 9 heteroatoms. The fraction of sp³-hybridized carbons (Fsp3) is 0.579. The predicted octanol–water partition coefficient (Wildman–Crippen LogP) is 2.94. The van der Waals surface area contributed by atoms with Gasteiger partial charge in [0.15, 0.2) is 0 Å². The number of carbonyl (C=O) groups excluding carboxylic acids is 1. The first-order valence-corrected chi connectivity index (χ1v) is 10.4. The normalized spacial score (nSPS) is 26.8. The molecule has 0 radical (unpaired) electrons. The molecule has 2 amide bonds. The monoisotopic (exact) mass is 404 g/mol. The molecule has 28 heavy (non-hydrogen) atoms. The lowest BCUT2D eigenvalue weighted by Gasteiger charge is -2.37. The van der Waals surface area contributed by atoms with E-state index in [9.17, 15) is 9.59 Å². The van der Waals surface area contributed by atoms with Crippen molar-refractivity contribution in [2.75, 3.05) is 0 Å². The first kappa shape index (κ1) is 18.9. The van der Waals surface area contributed by atoms with Gasteiger partial charge in [-0.1, -0.05) is 0 Å². The summed E-state index contributed by atoms with van der Waals surface area (Å²) in [6.45, 7) is 1.93. The number of fused-ring (bicyclic) bond motifs is 3. The zero-order valence-electron chi connectivity index (χ0n) is 15.7. The third kappa shape index (κ3) is 3.63. The molecular formula is C19H24N4O4S. The molecule has 0 aromatic carbocycles. The number of nitrogens with zero attached hydrogens (tertiary/aromatic N) is 2. The van der Waals surface area contributed by atoms with Crippen molar-refractivity contribution < 1.29 is 19.4 Å². The van der Waals surface area contributed by atoms with Gasteiger partial charge in [-0.25, -0.2) is 14.8 Å². The molecule has 2 aromatic heterocycles. The molecule has 0 spiro atoms. The standard InChI is InChI=1S/C19H24N4O4S/c1-19(23-18(25)26)6-4-11(5-7-19)27-16-15-14-10(8-13(20)24)2-3-12(14)28-17(15)22-9-21-16/h9-11,23H,2-8H2,1H3,(H2,20,24)(H,25,26)/t10-,11?,19?/m1/s1. The number of thiophene rings is 1. The first-order chi connectivity index (χ1) is 13.3. The van der Waals surface area contributed by atoms with Gasteiger partial charge in [-0.3, -0.25) is 4.79 Å². The van der Waals surface area contributed by atoms with E-state index in [-0.39, 0.29) is 17.9 Å². The Hall–Kier alpha value is -2.42. The van der Waals surface area contributed by atoms with Crippen LogP contribution < -0.4 is 15.8 Å². The second-order valence-electron chi connectivity index (χ2n) is 8.01. The summed E-state index contributed by atoms with van der Waals surface area (Å²) in [7, 11) is 0. The molecule has 2 heterocycles. The summed E-state index contributed by atoms with van der Waals surface area (Å²) in [6.07, 6.45) is 5.60. The number of hydrogen-bond acceptors (Lipinski definition) is 6. The van der Waals surface area contributed by atoms with Crippen LogP contribution in [-0.4, -0.2) is 38.7 Å². The number of nitrogens with two attached hydrogens (primary N) is 1. The molecule has 2 aliphatic rings. The number of hydrogen-bond donors (Lipinski definition) is 3. The van der Waals surface area contributed by atoms with Gasteiger partial charge in [0.1, 0.15) is 17.3 Å². The second kappa shape index (κ2) is 7.20. The summed E-state index contributed by atoms with van der Waals surface area (Å²) < 4.78 is 6.27. The smallest absolute Gasteiger partial charge is 0.405 e. The summed E-state index contributed by atoms with van der Waals surface area (Å²) in [5.41, 5.74) is 6.16.